The number of ether oxygens (including phenoxy) is 2. The molecule has 1 aromatic heterocycles. The van der Waals surface area contributed by atoms with Gasteiger partial charge in [-0.3, -0.25) is 4.79 Å². The normalized spacial score (nSPS) is 19.4. The highest BCUT2D eigenvalue weighted by atomic mass is 16.5. The number of aryl methyl sites for hydroxylation is 1. The quantitative estimate of drug-likeness (QED) is 0.665. The number of rotatable bonds is 5. The highest BCUT2D eigenvalue weighted by Gasteiger charge is 2.40. The molecule has 0 saturated carbocycles. The minimum Gasteiger partial charge on any atom is -0.496 e. The zero-order valence-electron chi connectivity index (χ0n) is 16.8. The molecule has 2 aromatic carbocycles. The van der Waals surface area contributed by atoms with Gasteiger partial charge in [-0.05, 0) is 47.7 Å². The molecular weight excluding hydrogens is 352 g/mol. The van der Waals surface area contributed by atoms with E-state index in [1.807, 2.05) is 37.1 Å². The molecule has 4 rings (SSSR count). The van der Waals surface area contributed by atoms with Crippen LogP contribution in [0.4, 0.5) is 0 Å². The third kappa shape index (κ3) is 3.01. The molecule has 1 saturated heterocycles. The molecule has 2 heterocycles. The van der Waals surface area contributed by atoms with Crippen molar-refractivity contribution in [2.24, 2.45) is 13.0 Å². The van der Waals surface area contributed by atoms with Crippen LogP contribution >= 0.6 is 0 Å². The first-order valence-corrected chi connectivity index (χ1v) is 9.58. The van der Waals surface area contributed by atoms with Gasteiger partial charge < -0.3 is 18.9 Å². The van der Waals surface area contributed by atoms with Crippen molar-refractivity contribution < 1.29 is 14.3 Å². The number of hydrogen-bond acceptors (Lipinski definition) is 3. The molecule has 0 bridgehead atoms. The number of likely N-dealkylation sites (tertiary alicyclic amines) is 1. The zero-order chi connectivity index (χ0) is 19.8. The number of fused-ring (bicyclic) bond motifs is 1. The highest BCUT2D eigenvalue weighted by molar-refractivity contribution is 5.83. The number of carbonyl (C=O) groups is 1. The van der Waals surface area contributed by atoms with E-state index in [4.69, 9.17) is 9.47 Å². The number of aromatic nitrogens is 1. The van der Waals surface area contributed by atoms with Crippen molar-refractivity contribution in [3.05, 3.63) is 59.8 Å². The molecular formula is C23H26N2O3. The Bertz CT molecular complexity index is 1000. The van der Waals surface area contributed by atoms with E-state index in [0.717, 1.165) is 29.0 Å². The third-order valence-electron chi connectivity index (χ3n) is 5.76. The summed E-state index contributed by atoms with van der Waals surface area (Å²) in [5.41, 5.74) is 3.26. The number of methoxy groups -OCH3 is 2. The molecule has 2 unspecified atom stereocenters. The van der Waals surface area contributed by atoms with Gasteiger partial charge in [0.2, 0.25) is 5.91 Å². The Hall–Kier alpha value is -2.95. The first-order valence-electron chi connectivity index (χ1n) is 9.58. The standard InChI is InChI=1S/C23H26N2O3/c1-15-12-19(22-20(27-3)6-5-7-21(22)28-4)25(23(15)26)14-16-8-9-18-17(13-16)10-11-24(18)2/h5-11,13,15,19H,12,14H2,1-4H3. The van der Waals surface area contributed by atoms with E-state index < -0.39 is 0 Å². The second kappa shape index (κ2) is 7.23. The molecule has 0 spiro atoms. The summed E-state index contributed by atoms with van der Waals surface area (Å²) in [5.74, 6) is 1.66. The first-order chi connectivity index (χ1) is 13.5. The summed E-state index contributed by atoms with van der Waals surface area (Å²) in [6.45, 7) is 2.57. The van der Waals surface area contributed by atoms with Crippen LogP contribution in [0.5, 0.6) is 11.5 Å². The monoisotopic (exact) mass is 378 g/mol. The maximum Gasteiger partial charge on any atom is 0.226 e. The Labute approximate surface area is 165 Å². The van der Waals surface area contributed by atoms with Crippen LogP contribution in [0.15, 0.2) is 48.7 Å². The second-order valence-electron chi connectivity index (χ2n) is 7.51. The summed E-state index contributed by atoms with van der Waals surface area (Å²) < 4.78 is 13.3. The van der Waals surface area contributed by atoms with E-state index in [1.165, 1.54) is 10.9 Å². The largest absolute Gasteiger partial charge is 0.496 e. The Morgan fingerprint density at radius 2 is 1.79 bits per heavy atom. The highest BCUT2D eigenvalue weighted by Crippen LogP contribution is 2.45. The lowest BCUT2D eigenvalue weighted by atomic mass is 9.98. The van der Waals surface area contributed by atoms with Crippen molar-refractivity contribution in [2.45, 2.75) is 25.9 Å². The molecule has 1 fully saturated rings. The van der Waals surface area contributed by atoms with E-state index in [0.29, 0.717) is 6.54 Å². The van der Waals surface area contributed by atoms with Gasteiger partial charge in [-0.1, -0.05) is 19.1 Å². The van der Waals surface area contributed by atoms with Crippen LogP contribution in [0.1, 0.15) is 30.5 Å². The predicted molar refractivity (Wildman–Crippen MR) is 110 cm³/mol. The SMILES string of the molecule is COc1cccc(OC)c1C1CC(C)C(=O)N1Cc1ccc2c(ccn2C)c1. The zero-order valence-corrected chi connectivity index (χ0v) is 16.8. The van der Waals surface area contributed by atoms with Crippen molar-refractivity contribution in [2.75, 3.05) is 14.2 Å². The molecule has 3 aromatic rings. The summed E-state index contributed by atoms with van der Waals surface area (Å²) in [5, 5.41) is 1.19. The fourth-order valence-electron chi connectivity index (χ4n) is 4.30. The lowest BCUT2D eigenvalue weighted by Gasteiger charge is -2.28. The van der Waals surface area contributed by atoms with Crippen LogP contribution in [0, 0.1) is 5.92 Å². The maximum atomic E-state index is 13.0. The molecule has 2 atom stereocenters. The average Bonchev–Trinajstić information content (AvgIpc) is 3.21. The van der Waals surface area contributed by atoms with E-state index in [1.54, 1.807) is 14.2 Å². The van der Waals surface area contributed by atoms with E-state index in [-0.39, 0.29) is 17.9 Å². The summed E-state index contributed by atoms with van der Waals surface area (Å²) in [4.78, 5) is 15.0. The first kappa shape index (κ1) is 18.4. The smallest absolute Gasteiger partial charge is 0.226 e. The fourth-order valence-corrected chi connectivity index (χ4v) is 4.30. The van der Waals surface area contributed by atoms with Gasteiger partial charge in [0.15, 0.2) is 0 Å². The number of carbonyl (C=O) groups excluding carboxylic acids is 1. The Balaban J connectivity index is 1.72. The lowest BCUT2D eigenvalue weighted by molar-refractivity contribution is -0.132. The summed E-state index contributed by atoms with van der Waals surface area (Å²) in [6.07, 6.45) is 2.81. The molecule has 1 amide bonds. The van der Waals surface area contributed by atoms with Gasteiger partial charge >= 0.3 is 0 Å². The van der Waals surface area contributed by atoms with Crippen molar-refractivity contribution in [3.63, 3.8) is 0 Å². The number of amides is 1. The van der Waals surface area contributed by atoms with Crippen molar-refractivity contribution in [3.8, 4) is 11.5 Å². The predicted octanol–water partition coefficient (Wildman–Crippen LogP) is 4.31. The molecule has 5 nitrogen and oxygen atoms in total. The minimum absolute atomic E-state index is 0.0277. The van der Waals surface area contributed by atoms with Crippen LogP contribution in [0.2, 0.25) is 0 Å². The molecule has 28 heavy (non-hydrogen) atoms. The van der Waals surface area contributed by atoms with Gasteiger partial charge in [0, 0.05) is 31.2 Å². The molecule has 0 radical (unpaired) electrons. The van der Waals surface area contributed by atoms with Crippen LogP contribution in [0.25, 0.3) is 10.9 Å². The van der Waals surface area contributed by atoms with Crippen LogP contribution in [-0.2, 0) is 18.4 Å². The van der Waals surface area contributed by atoms with Gasteiger partial charge in [0.25, 0.3) is 0 Å². The van der Waals surface area contributed by atoms with Gasteiger partial charge in [-0.15, -0.1) is 0 Å². The molecule has 146 valence electrons. The van der Waals surface area contributed by atoms with Gasteiger partial charge in [0.05, 0.1) is 25.8 Å². The summed E-state index contributed by atoms with van der Waals surface area (Å²) in [6, 6.07) is 14.2. The van der Waals surface area contributed by atoms with E-state index in [2.05, 4.69) is 35.0 Å². The number of hydrogen-bond donors (Lipinski definition) is 0. The Morgan fingerprint density at radius 3 is 2.46 bits per heavy atom. The number of nitrogens with zero attached hydrogens (tertiary/aromatic N) is 2. The van der Waals surface area contributed by atoms with Crippen molar-refractivity contribution in [1.29, 1.82) is 0 Å². The van der Waals surface area contributed by atoms with Crippen molar-refractivity contribution >= 4 is 16.8 Å². The number of benzene rings is 2. The van der Waals surface area contributed by atoms with Crippen LogP contribution < -0.4 is 9.47 Å². The van der Waals surface area contributed by atoms with Crippen LogP contribution in [0.3, 0.4) is 0 Å². The molecule has 1 aliphatic rings. The maximum absolute atomic E-state index is 13.0. The molecule has 0 aliphatic carbocycles. The Morgan fingerprint density at radius 1 is 1.07 bits per heavy atom. The van der Waals surface area contributed by atoms with E-state index >= 15 is 0 Å². The summed E-state index contributed by atoms with van der Waals surface area (Å²) in [7, 11) is 5.36. The van der Waals surface area contributed by atoms with Gasteiger partial charge in [0.1, 0.15) is 11.5 Å². The third-order valence-corrected chi connectivity index (χ3v) is 5.76. The second-order valence-corrected chi connectivity index (χ2v) is 7.51. The topological polar surface area (TPSA) is 43.7 Å². The van der Waals surface area contributed by atoms with E-state index in [9.17, 15) is 4.79 Å². The summed E-state index contributed by atoms with van der Waals surface area (Å²) >= 11 is 0. The van der Waals surface area contributed by atoms with Crippen molar-refractivity contribution in [1.82, 2.24) is 9.47 Å². The Kier molecular flexibility index (Phi) is 4.75. The molecule has 5 heteroatoms. The minimum atomic E-state index is -0.0694. The fraction of sp³-hybridized carbons (Fsp3) is 0.348. The van der Waals surface area contributed by atoms with Gasteiger partial charge in [-0.2, -0.15) is 0 Å². The average molecular weight is 378 g/mol. The van der Waals surface area contributed by atoms with Gasteiger partial charge in [-0.25, -0.2) is 0 Å². The molecule has 0 N–H and O–H groups in total. The molecule has 1 aliphatic heterocycles. The van der Waals surface area contributed by atoms with Crippen LogP contribution in [-0.4, -0.2) is 29.6 Å². The lowest BCUT2D eigenvalue weighted by Crippen LogP contribution is -2.29.